The Morgan fingerprint density at radius 1 is 1.16 bits per heavy atom. The van der Waals surface area contributed by atoms with Crippen molar-refractivity contribution in [2.45, 2.75) is 90.1 Å². The SMILES string of the molecule is BC1(C)CCC2C3CC(C)C4(C)NC(=O)CC[C@]4(C)C3C(O)C[C@@]21C. The highest BCUT2D eigenvalue weighted by Crippen LogP contribution is 2.72. The summed E-state index contributed by atoms with van der Waals surface area (Å²) in [6.07, 6.45) is 5.96. The van der Waals surface area contributed by atoms with Gasteiger partial charge in [0.2, 0.25) is 5.91 Å². The van der Waals surface area contributed by atoms with E-state index in [1.807, 2.05) is 0 Å². The van der Waals surface area contributed by atoms with E-state index >= 15 is 0 Å². The van der Waals surface area contributed by atoms with E-state index in [0.29, 0.717) is 29.5 Å². The second-order valence-electron chi connectivity index (χ2n) is 11.2. The minimum Gasteiger partial charge on any atom is -0.393 e. The lowest BCUT2D eigenvalue weighted by molar-refractivity contribution is -0.194. The topological polar surface area (TPSA) is 49.3 Å². The summed E-state index contributed by atoms with van der Waals surface area (Å²) in [6.45, 7) is 11.8. The van der Waals surface area contributed by atoms with Gasteiger partial charge in [0.15, 0.2) is 0 Å². The fourth-order valence-corrected chi connectivity index (χ4v) is 8.01. The number of nitrogens with one attached hydrogen (secondary N) is 1. The molecule has 3 nitrogen and oxygen atoms in total. The number of hydrogen-bond acceptors (Lipinski definition) is 2. The number of fused-ring (bicyclic) bond motifs is 5. The van der Waals surface area contributed by atoms with E-state index in [0.717, 1.165) is 25.2 Å². The molecule has 0 bridgehead atoms. The van der Waals surface area contributed by atoms with Crippen LogP contribution in [-0.4, -0.2) is 30.5 Å². The van der Waals surface area contributed by atoms with E-state index in [4.69, 9.17) is 0 Å². The molecule has 3 aliphatic carbocycles. The molecular formula is C21H36BNO2. The molecule has 4 heteroatoms. The molecule has 1 aliphatic heterocycles. The van der Waals surface area contributed by atoms with Gasteiger partial charge < -0.3 is 10.4 Å². The van der Waals surface area contributed by atoms with Crippen LogP contribution < -0.4 is 5.32 Å². The van der Waals surface area contributed by atoms with E-state index in [2.05, 4.69) is 47.8 Å². The van der Waals surface area contributed by atoms with Crippen LogP contribution in [-0.2, 0) is 4.79 Å². The van der Waals surface area contributed by atoms with Crippen LogP contribution in [0, 0.1) is 34.5 Å². The first kappa shape index (κ1) is 17.9. The Morgan fingerprint density at radius 3 is 2.52 bits per heavy atom. The number of amides is 1. The second-order valence-corrected chi connectivity index (χ2v) is 11.2. The van der Waals surface area contributed by atoms with Crippen molar-refractivity contribution in [3.05, 3.63) is 0 Å². The van der Waals surface area contributed by atoms with Crippen LogP contribution >= 0.6 is 0 Å². The molecule has 0 aromatic heterocycles. The van der Waals surface area contributed by atoms with E-state index < -0.39 is 0 Å². The van der Waals surface area contributed by atoms with Crippen LogP contribution in [0.4, 0.5) is 0 Å². The van der Waals surface area contributed by atoms with Crippen LogP contribution in [0.3, 0.4) is 0 Å². The molecule has 4 aliphatic rings. The Kier molecular flexibility index (Phi) is 3.62. The molecule has 1 amide bonds. The first-order chi connectivity index (χ1) is 11.5. The molecule has 1 heterocycles. The monoisotopic (exact) mass is 345 g/mol. The molecule has 0 aromatic carbocycles. The van der Waals surface area contributed by atoms with Gasteiger partial charge >= 0.3 is 0 Å². The zero-order chi connectivity index (χ0) is 18.4. The van der Waals surface area contributed by atoms with Crippen molar-refractivity contribution in [2.24, 2.45) is 34.5 Å². The summed E-state index contributed by atoms with van der Waals surface area (Å²) in [7, 11) is 2.42. The largest absolute Gasteiger partial charge is 0.393 e. The van der Waals surface area contributed by atoms with Crippen LogP contribution in [0.5, 0.6) is 0 Å². The van der Waals surface area contributed by atoms with Crippen molar-refractivity contribution in [1.29, 1.82) is 0 Å². The first-order valence-electron chi connectivity index (χ1n) is 10.5. The molecule has 0 spiro atoms. The molecule has 1 saturated heterocycles. The number of aliphatic hydroxyl groups excluding tert-OH is 1. The highest BCUT2D eigenvalue weighted by molar-refractivity contribution is 6.15. The quantitative estimate of drug-likeness (QED) is 0.663. The number of aliphatic hydroxyl groups is 1. The van der Waals surface area contributed by atoms with Crippen molar-refractivity contribution in [3.63, 3.8) is 0 Å². The van der Waals surface area contributed by atoms with Crippen LogP contribution in [0.25, 0.3) is 0 Å². The molecule has 0 aromatic rings. The van der Waals surface area contributed by atoms with Crippen molar-refractivity contribution in [2.75, 3.05) is 0 Å². The Morgan fingerprint density at radius 2 is 1.84 bits per heavy atom. The molecule has 2 N–H and O–H groups in total. The minimum atomic E-state index is -0.240. The molecular weight excluding hydrogens is 309 g/mol. The van der Waals surface area contributed by atoms with Crippen molar-refractivity contribution < 1.29 is 9.90 Å². The predicted octanol–water partition coefficient (Wildman–Crippen LogP) is 2.93. The van der Waals surface area contributed by atoms with Crippen LogP contribution in [0.2, 0.25) is 5.31 Å². The van der Waals surface area contributed by atoms with E-state index in [1.165, 1.54) is 12.8 Å². The fraction of sp³-hybridized carbons (Fsp3) is 0.952. The van der Waals surface area contributed by atoms with Crippen molar-refractivity contribution >= 4 is 13.8 Å². The van der Waals surface area contributed by atoms with Crippen LogP contribution in [0.1, 0.15) is 73.1 Å². The summed E-state index contributed by atoms with van der Waals surface area (Å²) in [5.74, 6) is 2.29. The van der Waals surface area contributed by atoms with Gasteiger partial charge in [-0.3, -0.25) is 4.79 Å². The third-order valence-electron chi connectivity index (χ3n) is 10.3. The lowest BCUT2D eigenvalue weighted by Gasteiger charge is -2.68. The third-order valence-corrected chi connectivity index (χ3v) is 10.3. The number of carbonyl (C=O) groups excluding carboxylic acids is 1. The molecule has 7 unspecified atom stereocenters. The average molecular weight is 345 g/mol. The number of piperidine rings is 1. The number of hydrogen-bond donors (Lipinski definition) is 2. The summed E-state index contributed by atoms with van der Waals surface area (Å²) < 4.78 is 0. The normalized spacial score (nSPS) is 61.0. The van der Waals surface area contributed by atoms with Gasteiger partial charge in [0, 0.05) is 12.0 Å². The highest BCUT2D eigenvalue weighted by Gasteiger charge is 2.68. The first-order valence-corrected chi connectivity index (χ1v) is 10.5. The zero-order valence-corrected chi connectivity index (χ0v) is 17.0. The standard InChI is InChI=1S/C21H36BNO2/c1-12-10-13-14-6-9-20(4,22)19(14,3)11-15(24)17(13)18(2)8-7-16(25)23-21(12,18)5/h12-15,17,24H,6-11,22H2,1-5H3,(H,23,25)/t12?,13?,14?,15?,17?,18-,19+,20?,21?/m1/s1. The van der Waals surface area contributed by atoms with Crippen LogP contribution in [0.15, 0.2) is 0 Å². The fourth-order valence-electron chi connectivity index (χ4n) is 8.01. The molecule has 0 radical (unpaired) electrons. The van der Waals surface area contributed by atoms with Crippen molar-refractivity contribution in [3.8, 4) is 0 Å². The lowest BCUT2D eigenvalue weighted by atomic mass is 9.39. The summed E-state index contributed by atoms with van der Waals surface area (Å²) in [4.78, 5) is 12.2. The Bertz CT molecular complexity index is 607. The molecule has 140 valence electrons. The average Bonchev–Trinajstić information content (AvgIpc) is 2.72. The molecule has 4 rings (SSSR count). The van der Waals surface area contributed by atoms with Gasteiger partial charge in [-0.05, 0) is 67.1 Å². The van der Waals surface area contributed by atoms with Crippen molar-refractivity contribution in [1.82, 2.24) is 5.32 Å². The highest BCUT2D eigenvalue weighted by atomic mass is 16.3. The van der Waals surface area contributed by atoms with E-state index in [1.54, 1.807) is 0 Å². The predicted molar refractivity (Wildman–Crippen MR) is 103 cm³/mol. The Hall–Kier alpha value is -0.505. The summed E-state index contributed by atoms with van der Waals surface area (Å²) >= 11 is 0. The minimum absolute atomic E-state index is 0.00325. The van der Waals surface area contributed by atoms with Gasteiger partial charge in [0.1, 0.15) is 7.85 Å². The van der Waals surface area contributed by atoms with Gasteiger partial charge in [-0.2, -0.15) is 0 Å². The molecule has 3 saturated carbocycles. The van der Waals surface area contributed by atoms with Gasteiger partial charge in [-0.1, -0.05) is 39.4 Å². The summed E-state index contributed by atoms with van der Waals surface area (Å²) in [6, 6.07) is 0. The third kappa shape index (κ3) is 2.01. The van der Waals surface area contributed by atoms with Gasteiger partial charge in [-0.15, -0.1) is 0 Å². The Balaban J connectivity index is 1.78. The maximum atomic E-state index is 12.2. The maximum Gasteiger partial charge on any atom is 0.220 e. The van der Waals surface area contributed by atoms with Gasteiger partial charge in [0.25, 0.3) is 0 Å². The van der Waals surface area contributed by atoms with Gasteiger partial charge in [0.05, 0.1) is 6.10 Å². The molecule has 9 atom stereocenters. The smallest absolute Gasteiger partial charge is 0.220 e. The molecule has 25 heavy (non-hydrogen) atoms. The Labute approximate surface area is 154 Å². The number of carbonyl (C=O) groups is 1. The lowest BCUT2D eigenvalue weighted by Crippen LogP contribution is -2.73. The van der Waals surface area contributed by atoms with E-state index in [-0.39, 0.29) is 28.4 Å². The maximum absolute atomic E-state index is 12.2. The van der Waals surface area contributed by atoms with E-state index in [9.17, 15) is 9.90 Å². The van der Waals surface area contributed by atoms with Gasteiger partial charge in [-0.25, -0.2) is 0 Å². The summed E-state index contributed by atoms with van der Waals surface area (Å²) in [5.41, 5.74) is 0.0540. The molecule has 4 fully saturated rings. The second kappa shape index (κ2) is 5.06. The number of rotatable bonds is 0. The summed E-state index contributed by atoms with van der Waals surface area (Å²) in [5, 5.41) is 15.1. The zero-order valence-electron chi connectivity index (χ0n) is 17.0.